The fourth-order valence-corrected chi connectivity index (χ4v) is 8.14. The molecule has 318 valence electrons. The van der Waals surface area contributed by atoms with Gasteiger partial charge >= 0.3 is 0 Å². The van der Waals surface area contributed by atoms with E-state index in [1.807, 2.05) is 103 Å². The summed E-state index contributed by atoms with van der Waals surface area (Å²) in [5.41, 5.74) is 8.18. The molecule has 16 heteroatoms. The number of benzene rings is 4. The molecular formula is C45H50ClN9O5S. The molecule has 2 saturated heterocycles. The second kappa shape index (κ2) is 18.5. The van der Waals surface area contributed by atoms with Gasteiger partial charge in [-0.1, -0.05) is 41.4 Å². The minimum absolute atomic E-state index is 0.0193. The van der Waals surface area contributed by atoms with Crippen molar-refractivity contribution in [3.05, 3.63) is 143 Å². The number of hydrogen-bond acceptors (Lipinski definition) is 9. The van der Waals surface area contributed by atoms with Crippen LogP contribution in [-0.2, 0) is 10.0 Å². The normalized spacial score (nSPS) is 14.3. The molecule has 4 heterocycles. The van der Waals surface area contributed by atoms with Crippen LogP contribution in [0.25, 0.3) is 11.4 Å². The Bertz CT molecular complexity index is 2580. The number of piperazine rings is 2. The number of para-hydroxylation sites is 2. The Hall–Kier alpha value is -6.32. The SMILES string of the molecule is COc1ccccc1N1CCN(C(=O)c2cc(C)nn2-c2ccc(C)cc2)CC1.Cc1cc(C(=O)N2CCN(c3ccc(NS(C)(=O)=O)cc3)CC2)n(-c2ccc(Cl)cc2)n1. The van der Waals surface area contributed by atoms with Crippen LogP contribution in [0.3, 0.4) is 0 Å². The average molecular weight is 864 g/mol. The van der Waals surface area contributed by atoms with Crippen LogP contribution in [0.4, 0.5) is 17.1 Å². The number of aromatic nitrogens is 4. The molecule has 0 aliphatic carbocycles. The summed E-state index contributed by atoms with van der Waals surface area (Å²) in [6.45, 7) is 11.2. The molecule has 14 nitrogen and oxygen atoms in total. The molecule has 6 aromatic rings. The number of sulfonamides is 1. The van der Waals surface area contributed by atoms with Gasteiger partial charge in [0.05, 0.1) is 41.8 Å². The minimum Gasteiger partial charge on any atom is -0.495 e. The number of carbonyl (C=O) groups is 2. The minimum atomic E-state index is -3.30. The largest absolute Gasteiger partial charge is 0.495 e. The standard InChI is InChI=1S/C23H26N4O2.C22H24ClN5O3S/c1-17-8-10-19(11-9-17)27-21(16-18(2)24-27)23(28)26-14-12-25(13-15-26)20-6-4-5-7-22(20)29-3;1-16-15-21(28(24-16)20-7-3-17(23)4-8-20)22(29)27-13-11-26(12-14-27)19-9-5-18(6-10-19)25-32(2,30)31/h4-11,16H,12-15H2,1-3H3;3-10,15,25H,11-14H2,1-2H3. The number of methoxy groups -OCH3 is 1. The molecule has 0 radical (unpaired) electrons. The third-order valence-electron chi connectivity index (χ3n) is 10.5. The van der Waals surface area contributed by atoms with Crippen molar-refractivity contribution in [1.29, 1.82) is 0 Å². The van der Waals surface area contributed by atoms with E-state index < -0.39 is 10.0 Å². The molecule has 8 rings (SSSR count). The van der Waals surface area contributed by atoms with Crippen molar-refractivity contribution in [2.45, 2.75) is 20.8 Å². The fourth-order valence-electron chi connectivity index (χ4n) is 7.45. The van der Waals surface area contributed by atoms with Crippen molar-refractivity contribution in [3.63, 3.8) is 0 Å². The first-order chi connectivity index (χ1) is 29.3. The Labute approximate surface area is 361 Å². The molecule has 61 heavy (non-hydrogen) atoms. The summed E-state index contributed by atoms with van der Waals surface area (Å²) in [4.78, 5) is 34.7. The molecule has 1 N–H and O–H groups in total. The van der Waals surface area contributed by atoms with Gasteiger partial charge in [0.15, 0.2) is 0 Å². The molecule has 2 aromatic heterocycles. The van der Waals surface area contributed by atoms with E-state index in [0.29, 0.717) is 61.4 Å². The number of hydrogen-bond donors (Lipinski definition) is 1. The summed E-state index contributed by atoms with van der Waals surface area (Å²) in [5, 5.41) is 9.67. The molecule has 0 unspecified atom stereocenters. The smallest absolute Gasteiger partial charge is 0.272 e. The topological polar surface area (TPSA) is 138 Å². The van der Waals surface area contributed by atoms with Crippen molar-refractivity contribution in [2.24, 2.45) is 0 Å². The lowest BCUT2D eigenvalue weighted by Gasteiger charge is -2.36. The van der Waals surface area contributed by atoms with Crippen LogP contribution in [-0.4, -0.2) is 115 Å². The second-order valence-corrected chi connectivity index (χ2v) is 17.3. The van der Waals surface area contributed by atoms with Crippen LogP contribution in [0, 0.1) is 20.8 Å². The van der Waals surface area contributed by atoms with Gasteiger partial charge in [-0.05, 0) is 106 Å². The van der Waals surface area contributed by atoms with E-state index in [1.54, 1.807) is 46.8 Å². The van der Waals surface area contributed by atoms with E-state index in [9.17, 15) is 18.0 Å². The Morgan fingerprint density at radius 1 is 0.623 bits per heavy atom. The zero-order chi connectivity index (χ0) is 43.3. The van der Waals surface area contributed by atoms with Crippen LogP contribution in [0.15, 0.2) is 109 Å². The molecule has 4 aromatic carbocycles. The highest BCUT2D eigenvalue weighted by molar-refractivity contribution is 7.92. The van der Waals surface area contributed by atoms with Crippen molar-refractivity contribution in [2.75, 3.05) is 80.2 Å². The molecular weight excluding hydrogens is 814 g/mol. The van der Waals surface area contributed by atoms with Crippen LogP contribution in [0.2, 0.25) is 5.02 Å². The first-order valence-electron chi connectivity index (χ1n) is 20.0. The number of rotatable bonds is 9. The highest BCUT2D eigenvalue weighted by atomic mass is 35.5. The number of carbonyl (C=O) groups excluding carboxylic acids is 2. The van der Waals surface area contributed by atoms with Gasteiger partial charge in [0.2, 0.25) is 10.0 Å². The number of amides is 2. The molecule has 0 atom stereocenters. The van der Waals surface area contributed by atoms with Crippen molar-refractivity contribution in [1.82, 2.24) is 29.4 Å². The number of nitrogens with zero attached hydrogens (tertiary/aromatic N) is 8. The van der Waals surface area contributed by atoms with E-state index in [-0.39, 0.29) is 11.8 Å². The van der Waals surface area contributed by atoms with Gasteiger partial charge in [0.1, 0.15) is 17.1 Å². The highest BCUT2D eigenvalue weighted by Crippen LogP contribution is 2.29. The zero-order valence-electron chi connectivity index (χ0n) is 35.0. The number of nitrogens with one attached hydrogen (secondary N) is 1. The van der Waals surface area contributed by atoms with Crippen LogP contribution in [0.1, 0.15) is 37.9 Å². The number of aryl methyl sites for hydroxylation is 3. The maximum atomic E-state index is 13.3. The molecule has 0 spiro atoms. The summed E-state index contributed by atoms with van der Waals surface area (Å²) >= 11 is 5.99. The summed E-state index contributed by atoms with van der Waals surface area (Å²) in [7, 11) is -1.62. The van der Waals surface area contributed by atoms with Crippen LogP contribution >= 0.6 is 11.6 Å². The van der Waals surface area contributed by atoms with E-state index in [2.05, 4.69) is 30.8 Å². The summed E-state index contributed by atoms with van der Waals surface area (Å²) < 4.78 is 34.1. The molecule has 2 amide bonds. The lowest BCUT2D eigenvalue weighted by atomic mass is 10.2. The second-order valence-electron chi connectivity index (χ2n) is 15.1. The van der Waals surface area contributed by atoms with Crippen molar-refractivity contribution in [3.8, 4) is 17.1 Å². The summed E-state index contributed by atoms with van der Waals surface area (Å²) in [6, 6.07) is 34.2. The lowest BCUT2D eigenvalue weighted by Crippen LogP contribution is -2.49. The van der Waals surface area contributed by atoms with Gasteiger partial charge in [-0.3, -0.25) is 14.3 Å². The number of anilines is 3. The van der Waals surface area contributed by atoms with Crippen LogP contribution < -0.4 is 19.3 Å². The predicted octanol–water partition coefficient (Wildman–Crippen LogP) is 6.63. The van der Waals surface area contributed by atoms with E-state index >= 15 is 0 Å². The fraction of sp³-hybridized carbons (Fsp3) is 0.289. The Morgan fingerprint density at radius 2 is 1.08 bits per heavy atom. The van der Waals surface area contributed by atoms with Crippen LogP contribution in [0.5, 0.6) is 5.75 Å². The van der Waals surface area contributed by atoms with Crippen molar-refractivity contribution >= 4 is 50.5 Å². The van der Waals surface area contributed by atoms with E-state index in [4.69, 9.17) is 16.3 Å². The number of ether oxygens (including phenoxy) is 1. The third-order valence-corrected chi connectivity index (χ3v) is 11.4. The maximum absolute atomic E-state index is 13.3. The summed E-state index contributed by atoms with van der Waals surface area (Å²) in [6.07, 6.45) is 1.12. The molecule has 2 aliphatic heterocycles. The van der Waals surface area contributed by atoms with Gasteiger partial charge in [-0.25, -0.2) is 17.8 Å². The zero-order valence-corrected chi connectivity index (χ0v) is 36.5. The quantitative estimate of drug-likeness (QED) is 0.170. The highest BCUT2D eigenvalue weighted by Gasteiger charge is 2.28. The molecule has 0 bridgehead atoms. The molecule has 2 aliphatic rings. The third kappa shape index (κ3) is 10.4. The summed E-state index contributed by atoms with van der Waals surface area (Å²) in [5.74, 6) is 0.819. The van der Waals surface area contributed by atoms with Gasteiger partial charge in [-0.15, -0.1) is 0 Å². The molecule has 0 saturated carbocycles. The van der Waals surface area contributed by atoms with Crippen molar-refractivity contribution < 1.29 is 22.7 Å². The Balaban J connectivity index is 0.000000185. The maximum Gasteiger partial charge on any atom is 0.272 e. The van der Waals surface area contributed by atoms with Gasteiger partial charge in [0.25, 0.3) is 11.8 Å². The lowest BCUT2D eigenvalue weighted by molar-refractivity contribution is 0.0730. The van der Waals surface area contributed by atoms with E-state index in [1.165, 1.54) is 5.56 Å². The first kappa shape index (κ1) is 42.8. The first-order valence-corrected chi connectivity index (χ1v) is 22.3. The predicted molar refractivity (Wildman–Crippen MR) is 240 cm³/mol. The average Bonchev–Trinajstić information content (AvgIpc) is 3.86. The monoisotopic (exact) mass is 863 g/mol. The Kier molecular flexibility index (Phi) is 13.0. The Morgan fingerprint density at radius 3 is 1.57 bits per heavy atom. The van der Waals surface area contributed by atoms with Gasteiger partial charge in [-0.2, -0.15) is 10.2 Å². The van der Waals surface area contributed by atoms with E-state index in [0.717, 1.165) is 59.2 Å². The van der Waals surface area contributed by atoms with Gasteiger partial charge in [0, 0.05) is 68.8 Å². The number of halogens is 1. The molecule has 2 fully saturated rings. The van der Waals surface area contributed by atoms with Gasteiger partial charge < -0.3 is 24.3 Å².